The highest BCUT2D eigenvalue weighted by atomic mass is 35.5. The maximum atomic E-state index is 14.7. The number of rotatable bonds is 1. The molecular formula is C11H12ClFO3S. The number of alkyl halides is 1. The van der Waals surface area contributed by atoms with E-state index in [1.807, 2.05) is 0 Å². The predicted octanol–water partition coefficient (Wildman–Crippen LogP) is 1.81. The lowest BCUT2D eigenvalue weighted by Crippen LogP contribution is -2.48. The molecule has 1 aromatic rings. The van der Waals surface area contributed by atoms with E-state index in [1.54, 1.807) is 12.1 Å². The summed E-state index contributed by atoms with van der Waals surface area (Å²) in [4.78, 5) is 0. The van der Waals surface area contributed by atoms with Crippen molar-refractivity contribution in [3.8, 4) is 0 Å². The Bertz CT molecular complexity index is 582. The first kappa shape index (κ1) is 12.8. The minimum absolute atomic E-state index is 0.234. The molecule has 1 N–H and O–H groups in total. The van der Waals surface area contributed by atoms with Gasteiger partial charge in [-0.3, -0.25) is 0 Å². The van der Waals surface area contributed by atoms with Crippen LogP contribution in [0.1, 0.15) is 18.1 Å². The zero-order valence-electron chi connectivity index (χ0n) is 9.37. The van der Waals surface area contributed by atoms with Crippen molar-refractivity contribution in [2.45, 2.75) is 23.9 Å². The summed E-state index contributed by atoms with van der Waals surface area (Å²) in [5, 5.41) is 7.75. The van der Waals surface area contributed by atoms with Crippen molar-refractivity contribution < 1.29 is 17.9 Å². The van der Waals surface area contributed by atoms with E-state index >= 15 is 0 Å². The van der Waals surface area contributed by atoms with E-state index < -0.39 is 26.9 Å². The largest absolute Gasteiger partial charge is 0.381 e. The fourth-order valence-electron chi connectivity index (χ4n) is 2.29. The van der Waals surface area contributed by atoms with Crippen molar-refractivity contribution in [3.63, 3.8) is 0 Å². The van der Waals surface area contributed by atoms with E-state index in [0.29, 0.717) is 5.56 Å². The molecule has 0 saturated heterocycles. The summed E-state index contributed by atoms with van der Waals surface area (Å²) in [7, 11) is -4.07. The van der Waals surface area contributed by atoms with Crippen LogP contribution in [0.4, 0.5) is 4.39 Å². The van der Waals surface area contributed by atoms with E-state index in [0.717, 1.165) is 13.2 Å². The van der Waals surface area contributed by atoms with Gasteiger partial charge < -0.3 is 5.11 Å². The van der Waals surface area contributed by atoms with Gasteiger partial charge in [-0.1, -0.05) is 23.7 Å². The zero-order valence-corrected chi connectivity index (χ0v) is 10.9. The molecule has 17 heavy (non-hydrogen) atoms. The molecule has 0 spiro atoms. The molecule has 0 radical (unpaired) electrons. The molecule has 0 bridgehead atoms. The molecule has 2 atom stereocenters. The van der Waals surface area contributed by atoms with Crippen LogP contribution in [0.3, 0.4) is 0 Å². The van der Waals surface area contributed by atoms with Crippen LogP contribution in [0.5, 0.6) is 0 Å². The standard InChI is InChI=1S/C11H12ClFO3S/c1-10(14)8-4-3-5-9(12)7(8)6-11(10,13)17(2,15)16/h3-5,14H,6H2,1-2H3. The highest BCUT2D eigenvalue weighted by Crippen LogP contribution is 2.51. The molecule has 6 heteroatoms. The van der Waals surface area contributed by atoms with Gasteiger partial charge in [0.05, 0.1) is 0 Å². The Kier molecular flexibility index (Phi) is 2.58. The maximum absolute atomic E-state index is 14.7. The summed E-state index contributed by atoms with van der Waals surface area (Å²) in [6.07, 6.45) is 0.356. The lowest BCUT2D eigenvalue weighted by atomic mass is 9.97. The molecule has 3 nitrogen and oxygen atoms in total. The van der Waals surface area contributed by atoms with Gasteiger partial charge in [-0.05, 0) is 24.1 Å². The van der Waals surface area contributed by atoms with Gasteiger partial charge in [0.25, 0.3) is 0 Å². The Labute approximate surface area is 104 Å². The Balaban J connectivity index is 2.74. The normalized spacial score (nSPS) is 32.5. The van der Waals surface area contributed by atoms with Gasteiger partial charge in [-0.25, -0.2) is 12.8 Å². The minimum Gasteiger partial charge on any atom is -0.381 e. The van der Waals surface area contributed by atoms with Crippen molar-refractivity contribution in [2.24, 2.45) is 0 Å². The van der Waals surface area contributed by atoms with Crippen molar-refractivity contribution in [1.29, 1.82) is 0 Å². The van der Waals surface area contributed by atoms with E-state index in [9.17, 15) is 17.9 Å². The zero-order chi connectivity index (χ0) is 13.1. The second-order valence-corrected chi connectivity index (χ2v) is 7.11. The van der Waals surface area contributed by atoms with Gasteiger partial charge in [0, 0.05) is 17.7 Å². The number of aliphatic hydroxyl groups is 1. The van der Waals surface area contributed by atoms with Gasteiger partial charge >= 0.3 is 0 Å². The van der Waals surface area contributed by atoms with E-state index in [-0.39, 0.29) is 10.6 Å². The van der Waals surface area contributed by atoms with Crippen LogP contribution in [0.15, 0.2) is 18.2 Å². The van der Waals surface area contributed by atoms with Crippen LogP contribution in [0.2, 0.25) is 5.02 Å². The second kappa shape index (κ2) is 3.43. The first-order chi connectivity index (χ1) is 7.61. The Morgan fingerprint density at radius 1 is 1.47 bits per heavy atom. The lowest BCUT2D eigenvalue weighted by Gasteiger charge is -2.31. The second-order valence-electron chi connectivity index (χ2n) is 4.52. The van der Waals surface area contributed by atoms with Crippen LogP contribution in [0.25, 0.3) is 0 Å². The first-order valence-corrected chi connectivity index (χ1v) is 7.27. The molecule has 2 rings (SSSR count). The summed E-state index contributed by atoms with van der Waals surface area (Å²) >= 11 is 5.90. The third-order valence-electron chi connectivity index (χ3n) is 3.36. The molecule has 0 heterocycles. The van der Waals surface area contributed by atoms with Gasteiger partial charge in [0.15, 0.2) is 9.84 Å². The average molecular weight is 279 g/mol. The smallest absolute Gasteiger partial charge is 0.246 e. The van der Waals surface area contributed by atoms with E-state index in [2.05, 4.69) is 0 Å². The predicted molar refractivity (Wildman–Crippen MR) is 63.4 cm³/mol. The number of hydrogen-bond acceptors (Lipinski definition) is 3. The summed E-state index contributed by atoms with van der Waals surface area (Å²) in [6.45, 7) is 1.16. The Morgan fingerprint density at radius 3 is 2.53 bits per heavy atom. The molecular weight excluding hydrogens is 267 g/mol. The fourth-order valence-corrected chi connectivity index (χ4v) is 3.77. The molecule has 94 valence electrons. The number of fused-ring (bicyclic) bond motifs is 1. The van der Waals surface area contributed by atoms with Gasteiger partial charge in [0.2, 0.25) is 5.00 Å². The van der Waals surface area contributed by atoms with E-state index in [1.165, 1.54) is 6.07 Å². The average Bonchev–Trinajstić information content (AvgIpc) is 2.38. The molecule has 0 fully saturated rings. The molecule has 1 aliphatic carbocycles. The van der Waals surface area contributed by atoms with Crippen molar-refractivity contribution in [1.82, 2.24) is 0 Å². The van der Waals surface area contributed by atoms with Crippen molar-refractivity contribution >= 4 is 21.4 Å². The van der Waals surface area contributed by atoms with Crippen LogP contribution in [-0.4, -0.2) is 24.8 Å². The molecule has 1 aromatic carbocycles. The quantitative estimate of drug-likeness (QED) is 0.852. The number of sulfone groups is 1. The van der Waals surface area contributed by atoms with Crippen LogP contribution in [-0.2, 0) is 21.9 Å². The monoisotopic (exact) mass is 278 g/mol. The first-order valence-electron chi connectivity index (χ1n) is 5.00. The SMILES string of the molecule is CC1(O)c2cccc(Cl)c2CC1(F)S(C)(=O)=O. The highest BCUT2D eigenvalue weighted by Gasteiger charge is 2.62. The summed E-state index contributed by atoms with van der Waals surface area (Å²) in [6, 6.07) is 4.60. The van der Waals surface area contributed by atoms with Crippen LogP contribution in [0, 0.1) is 0 Å². The molecule has 0 amide bonds. The lowest BCUT2D eigenvalue weighted by molar-refractivity contribution is -0.0352. The van der Waals surface area contributed by atoms with Crippen molar-refractivity contribution in [2.75, 3.05) is 6.26 Å². The number of benzene rings is 1. The molecule has 0 aliphatic heterocycles. The third kappa shape index (κ3) is 1.53. The molecule has 2 unspecified atom stereocenters. The molecule has 0 aromatic heterocycles. The number of hydrogen-bond donors (Lipinski definition) is 1. The van der Waals surface area contributed by atoms with Crippen LogP contribution < -0.4 is 0 Å². The van der Waals surface area contributed by atoms with Gasteiger partial charge in [-0.15, -0.1) is 0 Å². The number of halogens is 2. The maximum Gasteiger partial charge on any atom is 0.246 e. The topological polar surface area (TPSA) is 54.4 Å². The van der Waals surface area contributed by atoms with E-state index in [4.69, 9.17) is 11.6 Å². The minimum atomic E-state index is -4.07. The summed E-state index contributed by atoms with van der Waals surface area (Å²) < 4.78 is 37.8. The summed E-state index contributed by atoms with van der Waals surface area (Å²) in [5.74, 6) is 0. The third-order valence-corrected chi connectivity index (χ3v) is 5.43. The van der Waals surface area contributed by atoms with Crippen molar-refractivity contribution in [3.05, 3.63) is 34.3 Å². The fraction of sp³-hybridized carbons (Fsp3) is 0.455. The van der Waals surface area contributed by atoms with Gasteiger partial charge in [0.1, 0.15) is 5.60 Å². The molecule has 0 saturated carbocycles. The molecule has 1 aliphatic rings. The Hall–Kier alpha value is -0.650. The Morgan fingerprint density at radius 2 is 2.06 bits per heavy atom. The highest BCUT2D eigenvalue weighted by molar-refractivity contribution is 7.92. The van der Waals surface area contributed by atoms with Gasteiger partial charge in [-0.2, -0.15) is 0 Å². The van der Waals surface area contributed by atoms with Crippen LogP contribution >= 0.6 is 11.6 Å². The summed E-state index contributed by atoms with van der Waals surface area (Å²) in [5.41, 5.74) is -1.49.